The largest absolute Gasteiger partial charge is 0.505 e. The molecular formula is C12H13N5O7S2. The van der Waals surface area contributed by atoms with Crippen molar-refractivity contribution in [2.75, 3.05) is 19.8 Å². The summed E-state index contributed by atoms with van der Waals surface area (Å²) in [5.41, 5.74) is 5.95. The number of azo groups is 2. The van der Waals surface area contributed by atoms with Gasteiger partial charge < -0.3 is 10.8 Å². The highest BCUT2D eigenvalue weighted by molar-refractivity contribution is 7.86. The van der Waals surface area contributed by atoms with Gasteiger partial charge in [0, 0.05) is 14.1 Å². The molecule has 0 radical (unpaired) electrons. The summed E-state index contributed by atoms with van der Waals surface area (Å²) >= 11 is 0. The van der Waals surface area contributed by atoms with E-state index in [2.05, 4.69) is 20.5 Å². The van der Waals surface area contributed by atoms with Crippen LogP contribution in [0, 0.1) is 0 Å². The third-order valence-corrected chi connectivity index (χ3v) is 3.79. The number of nitrogen functional groups attached to an aromatic ring is 1. The van der Waals surface area contributed by atoms with Gasteiger partial charge in [0.25, 0.3) is 10.1 Å². The molecule has 0 aliphatic carbocycles. The fourth-order valence-electron chi connectivity index (χ4n) is 2.04. The van der Waals surface area contributed by atoms with Crippen LogP contribution >= 0.6 is 0 Å². The zero-order valence-corrected chi connectivity index (χ0v) is 15.0. The van der Waals surface area contributed by atoms with Gasteiger partial charge >= 0.3 is 10.6 Å². The van der Waals surface area contributed by atoms with E-state index in [9.17, 15) is 18.1 Å². The van der Waals surface area contributed by atoms with Gasteiger partial charge in [-0.05, 0) is 17.5 Å². The molecule has 0 fully saturated rings. The van der Waals surface area contributed by atoms with Gasteiger partial charge in [0.05, 0.1) is 11.1 Å². The van der Waals surface area contributed by atoms with Crippen molar-refractivity contribution in [1.29, 1.82) is 0 Å². The summed E-state index contributed by atoms with van der Waals surface area (Å²) in [6.07, 6.45) is 0. The molecule has 0 aromatic heterocycles. The molecule has 2 aromatic rings. The van der Waals surface area contributed by atoms with Gasteiger partial charge in [0.2, 0.25) is 0 Å². The Morgan fingerprint density at radius 2 is 1.62 bits per heavy atom. The van der Waals surface area contributed by atoms with Crippen molar-refractivity contribution in [2.45, 2.75) is 4.90 Å². The number of phenols is 1. The predicted octanol–water partition coefficient (Wildman–Crippen LogP) is 1.80. The van der Waals surface area contributed by atoms with Crippen LogP contribution in [0.15, 0.2) is 43.6 Å². The first kappa shape index (κ1) is 21.1. The minimum Gasteiger partial charge on any atom is -0.505 e. The van der Waals surface area contributed by atoms with E-state index in [1.54, 1.807) is 0 Å². The van der Waals surface area contributed by atoms with Gasteiger partial charge in [-0.2, -0.15) is 28.9 Å². The Morgan fingerprint density at radius 3 is 2.08 bits per heavy atom. The van der Waals surface area contributed by atoms with Crippen LogP contribution in [0.2, 0.25) is 0 Å². The van der Waals surface area contributed by atoms with E-state index in [4.69, 9.17) is 18.4 Å². The molecule has 0 unspecified atom stereocenters. The first-order valence-electron chi connectivity index (χ1n) is 6.46. The van der Waals surface area contributed by atoms with Crippen LogP contribution < -0.4 is 5.73 Å². The fourth-order valence-corrected chi connectivity index (χ4v) is 2.70. The Labute approximate surface area is 148 Å². The number of anilines is 1. The van der Waals surface area contributed by atoms with E-state index < -0.39 is 37.1 Å². The monoisotopic (exact) mass is 403 g/mol. The molecule has 0 aliphatic heterocycles. The van der Waals surface area contributed by atoms with E-state index in [1.165, 1.54) is 26.2 Å². The van der Waals surface area contributed by atoms with E-state index in [1.807, 2.05) is 0 Å². The lowest BCUT2D eigenvalue weighted by molar-refractivity contribution is 0.472. The minimum atomic E-state index is -4.60. The number of nitrogens with two attached hydrogens (primary N) is 1. The molecule has 2 aromatic carbocycles. The van der Waals surface area contributed by atoms with Gasteiger partial charge in [0.1, 0.15) is 16.3 Å². The van der Waals surface area contributed by atoms with Crippen LogP contribution in [0.1, 0.15) is 0 Å². The highest BCUT2D eigenvalue weighted by Crippen LogP contribution is 2.45. The number of hydrogen-bond donors (Lipinski definition) is 3. The Balaban J connectivity index is 0.000000765. The summed E-state index contributed by atoms with van der Waals surface area (Å²) in [5, 5.41) is 25.2. The molecule has 12 nitrogen and oxygen atoms in total. The number of phenolic OH excluding ortho intramolecular Hbond substituents is 1. The van der Waals surface area contributed by atoms with Gasteiger partial charge in [-0.1, -0.05) is 6.07 Å². The maximum Gasteiger partial charge on any atom is 0.425 e. The molecule has 14 heteroatoms. The number of rotatable bonds is 3. The average Bonchev–Trinajstić information content (AvgIpc) is 2.51. The van der Waals surface area contributed by atoms with Crippen LogP contribution in [-0.4, -0.2) is 44.8 Å². The Hall–Kier alpha value is -2.97. The lowest BCUT2D eigenvalue weighted by atomic mass is 10.1. The van der Waals surface area contributed by atoms with Crippen molar-refractivity contribution in [3.8, 4) is 5.75 Å². The third kappa shape index (κ3) is 4.78. The number of fused-ring (bicyclic) bond motifs is 1. The van der Waals surface area contributed by atoms with Gasteiger partial charge in [0.15, 0.2) is 5.75 Å². The topological polar surface area (TPSA) is 201 Å². The zero-order valence-electron chi connectivity index (χ0n) is 13.4. The molecule has 4 N–H and O–H groups in total. The molecule has 2 rings (SSSR count). The van der Waals surface area contributed by atoms with Crippen molar-refractivity contribution in [3.63, 3.8) is 0 Å². The number of aromatic hydroxyl groups is 1. The van der Waals surface area contributed by atoms with Crippen molar-refractivity contribution < 1.29 is 30.7 Å². The molecular weight excluding hydrogens is 390 g/mol. The average molecular weight is 403 g/mol. The summed E-state index contributed by atoms with van der Waals surface area (Å²) in [6, 6.07) is 4.16. The zero-order chi connectivity index (χ0) is 20.1. The third-order valence-electron chi connectivity index (χ3n) is 2.92. The first-order valence-corrected chi connectivity index (χ1v) is 8.90. The lowest BCUT2D eigenvalue weighted by Crippen LogP contribution is -2.00. The van der Waals surface area contributed by atoms with Gasteiger partial charge in [-0.25, -0.2) is 0 Å². The van der Waals surface area contributed by atoms with Crippen LogP contribution in [-0.2, 0) is 20.7 Å². The van der Waals surface area contributed by atoms with Crippen LogP contribution in [0.5, 0.6) is 5.75 Å². The predicted molar refractivity (Wildman–Crippen MR) is 90.4 cm³/mol. The summed E-state index contributed by atoms with van der Waals surface area (Å²) in [6.45, 7) is 0. The SMILES string of the molecule is CN=Nc1ccc2cc(S(=O)(=O)O)c(N=NC)c(O)c2c1N.O=S(=O)=O. The Morgan fingerprint density at radius 1 is 1.08 bits per heavy atom. The summed E-state index contributed by atoms with van der Waals surface area (Å²) < 4.78 is 57.5. The first-order chi connectivity index (χ1) is 12.0. The molecule has 0 saturated carbocycles. The standard InChI is InChI=1S/C12H13N5O4S.O3S/c1-14-16-7-4-3-6-5-8(22(19,20)21)11(17-15-2)12(18)9(6)10(7)13;1-4(2)3/h3-5,18H,13H2,1-2H3,(H,19,20,21);. The molecule has 0 amide bonds. The molecule has 26 heavy (non-hydrogen) atoms. The summed E-state index contributed by atoms with van der Waals surface area (Å²) in [4.78, 5) is -0.563. The highest BCUT2D eigenvalue weighted by atomic mass is 32.2. The molecule has 0 bridgehead atoms. The summed E-state index contributed by atoms with van der Waals surface area (Å²) in [5.74, 6) is -0.513. The van der Waals surface area contributed by atoms with E-state index in [-0.39, 0.29) is 11.1 Å². The number of benzene rings is 2. The van der Waals surface area contributed by atoms with Gasteiger partial charge in [-0.3, -0.25) is 4.55 Å². The van der Waals surface area contributed by atoms with Crippen molar-refractivity contribution >= 4 is 48.6 Å². The lowest BCUT2D eigenvalue weighted by Gasteiger charge is -2.11. The maximum atomic E-state index is 11.5. The van der Waals surface area contributed by atoms with Gasteiger partial charge in [-0.15, -0.1) is 12.6 Å². The van der Waals surface area contributed by atoms with Crippen molar-refractivity contribution in [2.24, 2.45) is 20.5 Å². The number of hydrogen-bond acceptors (Lipinski definition) is 11. The highest BCUT2D eigenvalue weighted by Gasteiger charge is 2.23. The van der Waals surface area contributed by atoms with E-state index in [0.717, 1.165) is 6.07 Å². The quantitative estimate of drug-likeness (QED) is 0.391. The maximum absolute atomic E-state index is 11.5. The molecule has 0 spiro atoms. The molecule has 0 atom stereocenters. The fraction of sp³-hybridized carbons (Fsp3) is 0.167. The second kappa shape index (κ2) is 8.41. The minimum absolute atomic E-state index is 0.107. The van der Waals surface area contributed by atoms with Crippen LogP contribution in [0.4, 0.5) is 17.1 Å². The van der Waals surface area contributed by atoms with E-state index >= 15 is 0 Å². The van der Waals surface area contributed by atoms with Crippen molar-refractivity contribution in [3.05, 3.63) is 18.2 Å². The van der Waals surface area contributed by atoms with Crippen molar-refractivity contribution in [1.82, 2.24) is 0 Å². The Kier molecular flexibility index (Phi) is 6.82. The molecule has 140 valence electrons. The second-order valence-electron chi connectivity index (χ2n) is 4.45. The molecule has 0 saturated heterocycles. The Bertz CT molecular complexity index is 1100. The molecule has 0 aliphatic rings. The normalized spacial score (nSPS) is 11.7. The molecule has 0 heterocycles. The summed E-state index contributed by atoms with van der Waals surface area (Å²) in [7, 11) is -4.96. The number of nitrogens with zero attached hydrogens (tertiary/aromatic N) is 4. The van der Waals surface area contributed by atoms with Crippen LogP contribution in [0.25, 0.3) is 10.8 Å². The second-order valence-corrected chi connectivity index (χ2v) is 6.25. The van der Waals surface area contributed by atoms with Crippen LogP contribution in [0.3, 0.4) is 0 Å². The van der Waals surface area contributed by atoms with E-state index in [0.29, 0.717) is 11.1 Å². The smallest absolute Gasteiger partial charge is 0.425 e.